The minimum atomic E-state index is -4.75. The number of anilines is 2. The highest BCUT2D eigenvalue weighted by molar-refractivity contribution is 7.92. The van der Waals surface area contributed by atoms with Crippen LogP contribution in [-0.4, -0.2) is 46.5 Å². The van der Waals surface area contributed by atoms with Gasteiger partial charge in [-0.15, -0.1) is 0 Å². The van der Waals surface area contributed by atoms with Crippen molar-refractivity contribution in [2.24, 2.45) is 0 Å². The zero-order chi connectivity index (χ0) is 19.7. The van der Waals surface area contributed by atoms with Gasteiger partial charge in [-0.25, -0.2) is 8.42 Å². The van der Waals surface area contributed by atoms with Crippen molar-refractivity contribution in [1.82, 2.24) is 4.90 Å². The molecule has 0 aliphatic carbocycles. The molecule has 0 spiro atoms. The van der Waals surface area contributed by atoms with Crippen molar-refractivity contribution in [2.45, 2.75) is 11.1 Å². The smallest absolute Gasteiger partial charge is 0.369 e. The van der Waals surface area contributed by atoms with Crippen LogP contribution in [0.5, 0.6) is 0 Å². The summed E-state index contributed by atoms with van der Waals surface area (Å²) < 4.78 is 66.5. The molecular formula is C18H20F3N3O2S. The van der Waals surface area contributed by atoms with E-state index in [0.717, 1.165) is 50.1 Å². The minimum Gasteiger partial charge on any atom is -0.369 e. The Morgan fingerprint density at radius 3 is 2.11 bits per heavy atom. The molecule has 9 heteroatoms. The van der Waals surface area contributed by atoms with Gasteiger partial charge in [0.2, 0.25) is 0 Å². The average Bonchev–Trinajstić information content (AvgIpc) is 2.62. The highest BCUT2D eigenvalue weighted by Gasteiger charge is 2.36. The SMILES string of the molecule is CN1CCN(c2ccc(NS(=O)(=O)c3ccccc3C(F)(F)F)cc2)CC1. The van der Waals surface area contributed by atoms with Crippen LogP contribution in [0.1, 0.15) is 5.56 Å². The third-order valence-electron chi connectivity index (χ3n) is 4.47. The molecule has 1 fully saturated rings. The number of rotatable bonds is 4. The number of halogens is 3. The highest BCUT2D eigenvalue weighted by atomic mass is 32.2. The van der Waals surface area contributed by atoms with Gasteiger partial charge in [-0.3, -0.25) is 4.72 Å². The fourth-order valence-electron chi connectivity index (χ4n) is 2.95. The van der Waals surface area contributed by atoms with Crippen LogP contribution in [0.15, 0.2) is 53.4 Å². The Hall–Kier alpha value is -2.26. The third kappa shape index (κ3) is 4.54. The number of nitrogens with zero attached hydrogens (tertiary/aromatic N) is 2. The number of alkyl halides is 3. The summed E-state index contributed by atoms with van der Waals surface area (Å²) in [5.74, 6) is 0. The second-order valence-corrected chi connectivity index (χ2v) is 8.09. The molecule has 27 heavy (non-hydrogen) atoms. The number of likely N-dealkylation sites (N-methyl/N-ethyl adjacent to an activating group) is 1. The predicted molar refractivity (Wildman–Crippen MR) is 98.4 cm³/mol. The van der Waals surface area contributed by atoms with E-state index in [2.05, 4.69) is 14.5 Å². The fraction of sp³-hybridized carbons (Fsp3) is 0.333. The lowest BCUT2D eigenvalue weighted by Gasteiger charge is -2.34. The number of sulfonamides is 1. The first-order valence-corrected chi connectivity index (χ1v) is 9.88. The van der Waals surface area contributed by atoms with Crippen LogP contribution in [0.25, 0.3) is 0 Å². The zero-order valence-electron chi connectivity index (χ0n) is 14.7. The van der Waals surface area contributed by atoms with E-state index >= 15 is 0 Å². The monoisotopic (exact) mass is 399 g/mol. The first-order valence-electron chi connectivity index (χ1n) is 8.39. The minimum absolute atomic E-state index is 0.213. The molecule has 1 aliphatic rings. The van der Waals surface area contributed by atoms with Gasteiger partial charge in [-0.05, 0) is 43.4 Å². The van der Waals surface area contributed by atoms with E-state index in [-0.39, 0.29) is 5.69 Å². The molecule has 1 heterocycles. The molecule has 1 N–H and O–H groups in total. The van der Waals surface area contributed by atoms with Crippen molar-refractivity contribution < 1.29 is 21.6 Å². The first-order chi connectivity index (χ1) is 12.7. The molecule has 0 unspecified atom stereocenters. The number of benzene rings is 2. The standard InChI is InChI=1S/C18H20F3N3O2S/c1-23-10-12-24(13-11-23)15-8-6-14(7-9-15)22-27(25,26)17-5-3-2-4-16(17)18(19,20)21/h2-9,22H,10-13H2,1H3. The molecule has 2 aromatic carbocycles. The molecule has 0 amide bonds. The van der Waals surface area contributed by atoms with Gasteiger partial charge in [0, 0.05) is 37.6 Å². The summed E-state index contributed by atoms with van der Waals surface area (Å²) >= 11 is 0. The van der Waals surface area contributed by atoms with Gasteiger partial charge in [0.1, 0.15) is 0 Å². The summed E-state index contributed by atoms with van der Waals surface area (Å²) in [7, 11) is -2.31. The van der Waals surface area contributed by atoms with Crippen LogP contribution in [0.4, 0.5) is 24.5 Å². The van der Waals surface area contributed by atoms with Gasteiger partial charge < -0.3 is 9.80 Å². The van der Waals surface area contributed by atoms with E-state index in [4.69, 9.17) is 0 Å². The maximum Gasteiger partial charge on any atom is 0.417 e. The molecule has 0 aromatic heterocycles. The van der Waals surface area contributed by atoms with Gasteiger partial charge >= 0.3 is 6.18 Å². The second-order valence-electron chi connectivity index (χ2n) is 6.44. The summed E-state index contributed by atoms with van der Waals surface area (Å²) in [5.41, 5.74) is -0.0295. The van der Waals surface area contributed by atoms with Crippen LogP contribution in [0, 0.1) is 0 Å². The molecule has 2 aromatic rings. The summed E-state index contributed by atoms with van der Waals surface area (Å²) in [4.78, 5) is 3.61. The Bertz CT molecular complexity index is 891. The molecule has 1 aliphatic heterocycles. The lowest BCUT2D eigenvalue weighted by Crippen LogP contribution is -2.44. The van der Waals surface area contributed by atoms with Gasteiger partial charge in [-0.1, -0.05) is 12.1 Å². The van der Waals surface area contributed by atoms with E-state index < -0.39 is 26.7 Å². The molecule has 0 bridgehead atoms. The average molecular weight is 399 g/mol. The second kappa shape index (κ2) is 7.40. The summed E-state index contributed by atoms with van der Waals surface area (Å²) in [6.45, 7) is 3.59. The van der Waals surface area contributed by atoms with Crippen molar-refractivity contribution in [1.29, 1.82) is 0 Å². The molecule has 5 nitrogen and oxygen atoms in total. The number of hydrogen-bond acceptors (Lipinski definition) is 4. The van der Waals surface area contributed by atoms with E-state index in [1.165, 1.54) is 6.07 Å². The van der Waals surface area contributed by atoms with E-state index in [1.807, 2.05) is 7.05 Å². The zero-order valence-corrected chi connectivity index (χ0v) is 15.5. The Balaban J connectivity index is 1.79. The van der Waals surface area contributed by atoms with E-state index in [0.29, 0.717) is 0 Å². The van der Waals surface area contributed by atoms with Crippen LogP contribution < -0.4 is 9.62 Å². The van der Waals surface area contributed by atoms with Crippen LogP contribution >= 0.6 is 0 Å². The Labute approximate surface area is 156 Å². The van der Waals surface area contributed by atoms with Gasteiger partial charge in [0.15, 0.2) is 0 Å². The van der Waals surface area contributed by atoms with Crippen molar-refractivity contribution in [3.05, 3.63) is 54.1 Å². The molecule has 146 valence electrons. The molecule has 1 saturated heterocycles. The quantitative estimate of drug-likeness (QED) is 0.858. The van der Waals surface area contributed by atoms with Crippen LogP contribution in [0.2, 0.25) is 0 Å². The van der Waals surface area contributed by atoms with Gasteiger partial charge in [0.05, 0.1) is 10.5 Å². The third-order valence-corrected chi connectivity index (χ3v) is 5.91. The van der Waals surface area contributed by atoms with Crippen molar-refractivity contribution >= 4 is 21.4 Å². The Morgan fingerprint density at radius 2 is 1.52 bits per heavy atom. The van der Waals surface area contributed by atoms with Crippen LogP contribution in [0.3, 0.4) is 0 Å². The van der Waals surface area contributed by atoms with Crippen molar-refractivity contribution in [3.63, 3.8) is 0 Å². The normalized spacial score (nSPS) is 16.4. The number of hydrogen-bond donors (Lipinski definition) is 1. The van der Waals surface area contributed by atoms with Crippen molar-refractivity contribution in [2.75, 3.05) is 42.8 Å². The summed E-state index contributed by atoms with van der Waals surface area (Å²) in [6.07, 6.45) is -4.75. The molecule has 0 saturated carbocycles. The van der Waals surface area contributed by atoms with Gasteiger partial charge in [-0.2, -0.15) is 13.2 Å². The van der Waals surface area contributed by atoms with Crippen molar-refractivity contribution in [3.8, 4) is 0 Å². The Kier molecular flexibility index (Phi) is 5.34. The molecular weight excluding hydrogens is 379 g/mol. The molecule has 3 rings (SSSR count). The van der Waals surface area contributed by atoms with E-state index in [9.17, 15) is 21.6 Å². The topological polar surface area (TPSA) is 52.6 Å². The molecule has 0 radical (unpaired) electrons. The summed E-state index contributed by atoms with van der Waals surface area (Å²) in [6, 6.07) is 10.8. The van der Waals surface area contributed by atoms with Crippen LogP contribution in [-0.2, 0) is 16.2 Å². The largest absolute Gasteiger partial charge is 0.417 e. The lowest BCUT2D eigenvalue weighted by atomic mass is 10.2. The molecule has 0 atom stereocenters. The lowest BCUT2D eigenvalue weighted by molar-refractivity contribution is -0.139. The first kappa shape index (κ1) is 19.5. The summed E-state index contributed by atoms with van der Waals surface area (Å²) in [5, 5.41) is 0. The maximum absolute atomic E-state index is 13.1. The predicted octanol–water partition coefficient (Wildman–Crippen LogP) is 3.26. The number of piperazine rings is 1. The van der Waals surface area contributed by atoms with Gasteiger partial charge in [0.25, 0.3) is 10.0 Å². The highest BCUT2D eigenvalue weighted by Crippen LogP contribution is 2.34. The maximum atomic E-state index is 13.1. The van der Waals surface area contributed by atoms with E-state index in [1.54, 1.807) is 24.3 Å². The number of nitrogens with one attached hydrogen (secondary N) is 1. The fourth-order valence-corrected chi connectivity index (χ4v) is 4.24. The Morgan fingerprint density at radius 1 is 0.926 bits per heavy atom.